The van der Waals surface area contributed by atoms with Crippen molar-refractivity contribution in [1.82, 2.24) is 4.98 Å². The van der Waals surface area contributed by atoms with E-state index in [4.69, 9.17) is 9.84 Å². The number of hydrogen-bond donors (Lipinski definition) is 1. The first-order valence-electron chi connectivity index (χ1n) is 6.85. The van der Waals surface area contributed by atoms with Crippen molar-refractivity contribution in [3.63, 3.8) is 0 Å². The van der Waals surface area contributed by atoms with E-state index in [1.54, 1.807) is 0 Å². The first-order chi connectivity index (χ1) is 9.54. The van der Waals surface area contributed by atoms with Gasteiger partial charge in [0.2, 0.25) is 5.88 Å². The van der Waals surface area contributed by atoms with Crippen molar-refractivity contribution >= 4 is 5.97 Å². The Hall–Kier alpha value is -2.09. The predicted molar refractivity (Wildman–Crippen MR) is 72.8 cm³/mol. The van der Waals surface area contributed by atoms with Crippen molar-refractivity contribution in [2.24, 2.45) is 0 Å². The molecule has 0 fully saturated rings. The summed E-state index contributed by atoms with van der Waals surface area (Å²) >= 11 is 0. The molecule has 0 aromatic carbocycles. The van der Waals surface area contributed by atoms with Crippen LogP contribution in [0.4, 0.5) is 0 Å². The number of hydrogen-bond acceptors (Lipinski definition) is 4. The highest BCUT2D eigenvalue weighted by Gasteiger charge is 2.24. The van der Waals surface area contributed by atoms with Crippen LogP contribution in [0.15, 0.2) is 0 Å². The molecular formula is C15H18N2O3. The number of aliphatic carboxylic acids is 1. The lowest BCUT2D eigenvalue weighted by molar-refractivity contribution is -0.139. The van der Waals surface area contributed by atoms with E-state index in [0.29, 0.717) is 5.56 Å². The Labute approximate surface area is 118 Å². The lowest BCUT2D eigenvalue weighted by Crippen LogP contribution is -2.17. The van der Waals surface area contributed by atoms with E-state index in [2.05, 4.69) is 11.1 Å². The molecular weight excluding hydrogens is 256 g/mol. The van der Waals surface area contributed by atoms with Crippen LogP contribution in [0.2, 0.25) is 0 Å². The number of carbonyl (C=O) groups is 1. The standard InChI is InChI=1S/C15H18N2O3/c1-9(2)14-11-6-4-3-5-10(11)12(7-16)15(17-14)20-8-13(18)19/h9H,3-6,8H2,1-2H3,(H,18,19). The summed E-state index contributed by atoms with van der Waals surface area (Å²) in [4.78, 5) is 15.1. The number of aromatic nitrogens is 1. The second kappa shape index (κ2) is 5.91. The van der Waals surface area contributed by atoms with Gasteiger partial charge in [-0.05, 0) is 42.7 Å². The lowest BCUT2D eigenvalue weighted by atomic mass is 9.85. The zero-order valence-electron chi connectivity index (χ0n) is 11.8. The van der Waals surface area contributed by atoms with Crippen molar-refractivity contribution in [3.05, 3.63) is 22.4 Å². The molecule has 5 heteroatoms. The summed E-state index contributed by atoms with van der Waals surface area (Å²) in [6.45, 7) is 3.62. The maximum atomic E-state index is 10.6. The van der Waals surface area contributed by atoms with Crippen LogP contribution in [-0.2, 0) is 17.6 Å². The Morgan fingerprint density at radius 1 is 1.40 bits per heavy atom. The molecule has 1 aromatic heterocycles. The van der Waals surface area contributed by atoms with Crippen molar-refractivity contribution in [2.75, 3.05) is 6.61 Å². The van der Waals surface area contributed by atoms with Crippen molar-refractivity contribution in [3.8, 4) is 11.9 Å². The van der Waals surface area contributed by atoms with E-state index < -0.39 is 12.6 Å². The summed E-state index contributed by atoms with van der Waals surface area (Å²) < 4.78 is 5.21. The van der Waals surface area contributed by atoms with Gasteiger partial charge in [0.15, 0.2) is 6.61 Å². The monoisotopic (exact) mass is 274 g/mol. The predicted octanol–water partition coefficient (Wildman–Crippen LogP) is 2.42. The molecule has 0 spiro atoms. The summed E-state index contributed by atoms with van der Waals surface area (Å²) in [6, 6.07) is 2.13. The highest BCUT2D eigenvalue weighted by Crippen LogP contribution is 2.34. The van der Waals surface area contributed by atoms with Crippen LogP contribution in [0.5, 0.6) is 5.88 Å². The van der Waals surface area contributed by atoms with E-state index in [0.717, 1.165) is 42.5 Å². The Kier molecular flexibility index (Phi) is 4.23. The van der Waals surface area contributed by atoms with Crippen LogP contribution < -0.4 is 4.74 Å². The Bertz CT molecular complexity index is 573. The minimum atomic E-state index is -1.07. The first-order valence-corrected chi connectivity index (χ1v) is 6.85. The van der Waals surface area contributed by atoms with Gasteiger partial charge in [-0.3, -0.25) is 0 Å². The number of nitriles is 1. The van der Waals surface area contributed by atoms with Gasteiger partial charge in [0.25, 0.3) is 0 Å². The number of fused-ring (bicyclic) bond motifs is 1. The average Bonchev–Trinajstić information content (AvgIpc) is 2.43. The fourth-order valence-electron chi connectivity index (χ4n) is 2.65. The number of rotatable bonds is 4. The van der Waals surface area contributed by atoms with Gasteiger partial charge in [-0.25, -0.2) is 9.78 Å². The molecule has 1 N–H and O–H groups in total. The maximum absolute atomic E-state index is 10.6. The van der Waals surface area contributed by atoms with Gasteiger partial charge in [0.05, 0.1) is 5.69 Å². The van der Waals surface area contributed by atoms with Crippen LogP contribution in [0.3, 0.4) is 0 Å². The van der Waals surface area contributed by atoms with Gasteiger partial charge >= 0.3 is 5.97 Å². The third kappa shape index (κ3) is 2.74. The molecule has 1 aromatic rings. The Balaban J connectivity index is 2.53. The van der Waals surface area contributed by atoms with E-state index in [9.17, 15) is 10.1 Å². The number of nitrogens with zero attached hydrogens (tertiary/aromatic N) is 2. The smallest absolute Gasteiger partial charge is 0.341 e. The van der Waals surface area contributed by atoms with Gasteiger partial charge in [-0.1, -0.05) is 13.8 Å². The zero-order valence-corrected chi connectivity index (χ0v) is 11.8. The largest absolute Gasteiger partial charge is 0.479 e. The fourth-order valence-corrected chi connectivity index (χ4v) is 2.65. The summed E-state index contributed by atoms with van der Waals surface area (Å²) in [7, 11) is 0. The third-order valence-electron chi connectivity index (χ3n) is 3.51. The quantitative estimate of drug-likeness (QED) is 0.911. The van der Waals surface area contributed by atoms with Gasteiger partial charge in [-0.15, -0.1) is 0 Å². The summed E-state index contributed by atoms with van der Waals surface area (Å²) in [5, 5.41) is 18.1. The topological polar surface area (TPSA) is 83.2 Å². The molecule has 106 valence electrons. The Morgan fingerprint density at radius 3 is 2.60 bits per heavy atom. The number of carboxylic acid groups (broad SMARTS) is 1. The van der Waals surface area contributed by atoms with Gasteiger partial charge in [-0.2, -0.15) is 5.26 Å². The second-order valence-electron chi connectivity index (χ2n) is 5.29. The molecule has 0 amide bonds. The Morgan fingerprint density at radius 2 is 2.05 bits per heavy atom. The molecule has 5 nitrogen and oxygen atoms in total. The number of ether oxygens (including phenoxy) is 1. The molecule has 1 aliphatic carbocycles. The van der Waals surface area contributed by atoms with E-state index in [-0.39, 0.29) is 11.8 Å². The maximum Gasteiger partial charge on any atom is 0.341 e. The minimum absolute atomic E-state index is 0.166. The SMILES string of the molecule is CC(C)c1nc(OCC(=O)O)c(C#N)c2c1CCCC2. The molecule has 1 aliphatic rings. The summed E-state index contributed by atoms with van der Waals surface area (Å²) in [5.41, 5.74) is 3.49. The highest BCUT2D eigenvalue weighted by atomic mass is 16.5. The fraction of sp³-hybridized carbons (Fsp3) is 0.533. The average molecular weight is 274 g/mol. The van der Waals surface area contributed by atoms with E-state index in [1.807, 2.05) is 13.8 Å². The molecule has 0 unspecified atom stereocenters. The molecule has 0 atom stereocenters. The van der Waals surface area contributed by atoms with Crippen LogP contribution in [0.1, 0.15) is 55.0 Å². The molecule has 0 saturated carbocycles. The molecule has 0 saturated heterocycles. The van der Waals surface area contributed by atoms with Gasteiger partial charge in [0.1, 0.15) is 11.6 Å². The molecule has 2 rings (SSSR count). The molecule has 1 heterocycles. The number of carboxylic acids is 1. The van der Waals surface area contributed by atoms with Crippen LogP contribution in [-0.4, -0.2) is 22.7 Å². The molecule has 20 heavy (non-hydrogen) atoms. The lowest BCUT2D eigenvalue weighted by Gasteiger charge is -2.23. The normalized spacial score (nSPS) is 13.7. The first kappa shape index (κ1) is 14.3. The van der Waals surface area contributed by atoms with E-state index >= 15 is 0 Å². The zero-order chi connectivity index (χ0) is 14.7. The highest BCUT2D eigenvalue weighted by molar-refractivity contribution is 5.68. The molecule has 0 bridgehead atoms. The van der Waals surface area contributed by atoms with Crippen molar-refractivity contribution < 1.29 is 14.6 Å². The van der Waals surface area contributed by atoms with Crippen molar-refractivity contribution in [1.29, 1.82) is 5.26 Å². The molecule has 0 radical (unpaired) electrons. The molecule has 0 aliphatic heterocycles. The van der Waals surface area contributed by atoms with Crippen LogP contribution in [0.25, 0.3) is 0 Å². The third-order valence-corrected chi connectivity index (χ3v) is 3.51. The minimum Gasteiger partial charge on any atom is -0.479 e. The van der Waals surface area contributed by atoms with Gasteiger partial charge < -0.3 is 9.84 Å². The number of pyridine rings is 1. The van der Waals surface area contributed by atoms with E-state index in [1.165, 1.54) is 0 Å². The van der Waals surface area contributed by atoms with Gasteiger partial charge in [0, 0.05) is 0 Å². The van der Waals surface area contributed by atoms with Crippen molar-refractivity contribution in [2.45, 2.75) is 45.4 Å². The summed E-state index contributed by atoms with van der Waals surface area (Å²) in [5.74, 6) is -0.680. The van der Waals surface area contributed by atoms with Crippen LogP contribution in [0, 0.1) is 11.3 Å². The summed E-state index contributed by atoms with van der Waals surface area (Å²) in [6.07, 6.45) is 3.92. The second-order valence-corrected chi connectivity index (χ2v) is 5.29. The van der Waals surface area contributed by atoms with Crippen LogP contribution >= 0.6 is 0 Å².